The van der Waals surface area contributed by atoms with E-state index in [1.807, 2.05) is 13.0 Å². The number of esters is 1. The van der Waals surface area contributed by atoms with E-state index in [4.69, 9.17) is 52.1 Å². The van der Waals surface area contributed by atoms with Crippen LogP contribution >= 0.6 is 0 Å². The van der Waals surface area contributed by atoms with E-state index < -0.39 is 0 Å². The summed E-state index contributed by atoms with van der Waals surface area (Å²) in [4.78, 5) is 11.8. The number of rotatable bonds is 32. The zero-order valence-electron chi connectivity index (χ0n) is 24.6. The summed E-state index contributed by atoms with van der Waals surface area (Å²) in [7, 11) is 0. The normalized spacial score (nSPS) is 11.2. The van der Waals surface area contributed by atoms with Gasteiger partial charge in [0.25, 0.3) is 0 Å². The Labute approximate surface area is 244 Å². The van der Waals surface area contributed by atoms with E-state index in [-0.39, 0.29) is 12.6 Å². The smallest absolute Gasteiger partial charge is 0.338 e. The van der Waals surface area contributed by atoms with Crippen molar-refractivity contribution in [2.24, 2.45) is 0 Å². The monoisotopic (exact) mass is 590 g/mol. The number of carbonyl (C=O) groups excluding carboxylic acids is 1. The first-order valence-corrected chi connectivity index (χ1v) is 14.3. The maximum absolute atomic E-state index is 11.8. The van der Waals surface area contributed by atoms with E-state index in [0.717, 1.165) is 0 Å². The van der Waals surface area contributed by atoms with Crippen LogP contribution in [0.25, 0.3) is 0 Å². The lowest BCUT2D eigenvalue weighted by molar-refractivity contribution is -0.0270. The molecule has 0 N–H and O–H groups in total. The van der Waals surface area contributed by atoms with Crippen LogP contribution in [-0.2, 0) is 52.1 Å². The Morgan fingerprint density at radius 1 is 0.415 bits per heavy atom. The van der Waals surface area contributed by atoms with Gasteiger partial charge in [0.1, 0.15) is 6.61 Å². The molecule has 0 aliphatic rings. The minimum Gasteiger partial charge on any atom is -0.460 e. The molecule has 0 aliphatic carbocycles. The lowest BCUT2D eigenvalue weighted by Crippen LogP contribution is -2.15. The van der Waals surface area contributed by atoms with Crippen molar-refractivity contribution in [1.29, 1.82) is 0 Å². The fourth-order valence-corrected chi connectivity index (χ4v) is 2.97. The van der Waals surface area contributed by atoms with Gasteiger partial charge >= 0.3 is 5.97 Å². The molecular weight excluding hydrogens is 540 g/mol. The summed E-state index contributed by atoms with van der Waals surface area (Å²) >= 11 is 0. The fourth-order valence-electron chi connectivity index (χ4n) is 2.97. The molecule has 1 aromatic carbocycles. The Morgan fingerprint density at radius 3 is 0.976 bits per heavy atom. The highest BCUT2D eigenvalue weighted by molar-refractivity contribution is 5.89. The zero-order chi connectivity index (χ0) is 29.3. The third-order valence-corrected chi connectivity index (χ3v) is 5.02. The van der Waals surface area contributed by atoms with Crippen molar-refractivity contribution in [3.63, 3.8) is 0 Å². The predicted octanol–water partition coefficient (Wildman–Crippen LogP) is 2.03. The van der Waals surface area contributed by atoms with Crippen LogP contribution < -0.4 is 0 Å². The second-order valence-corrected chi connectivity index (χ2v) is 8.21. The first-order valence-electron chi connectivity index (χ1n) is 14.3. The number of ether oxygens (including phenoxy) is 11. The van der Waals surface area contributed by atoms with Crippen molar-refractivity contribution in [1.82, 2.24) is 0 Å². The van der Waals surface area contributed by atoms with Crippen molar-refractivity contribution >= 4 is 5.97 Å². The highest BCUT2D eigenvalue weighted by Crippen LogP contribution is 2.00. The Hall–Kier alpha value is -1.71. The third-order valence-electron chi connectivity index (χ3n) is 5.02. The van der Waals surface area contributed by atoms with Gasteiger partial charge in [0.15, 0.2) is 0 Å². The van der Waals surface area contributed by atoms with E-state index in [2.05, 4.69) is 0 Å². The highest BCUT2D eigenvalue weighted by Gasteiger charge is 2.05. The molecule has 0 bridgehead atoms. The average molecular weight is 591 g/mol. The molecule has 0 spiro atoms. The predicted molar refractivity (Wildman–Crippen MR) is 151 cm³/mol. The molecule has 238 valence electrons. The summed E-state index contributed by atoms with van der Waals surface area (Å²) in [6.45, 7) is 12.4. The molecule has 0 saturated carbocycles. The molecule has 0 atom stereocenters. The topological polar surface area (TPSA) is 119 Å². The van der Waals surface area contributed by atoms with Crippen molar-refractivity contribution in [3.05, 3.63) is 35.9 Å². The Kier molecular flexibility index (Phi) is 28.4. The Bertz CT molecular complexity index is 664. The summed E-state index contributed by atoms with van der Waals surface area (Å²) < 4.78 is 59.1. The number of carbonyl (C=O) groups is 1. The van der Waals surface area contributed by atoms with Gasteiger partial charge in [0.05, 0.1) is 131 Å². The van der Waals surface area contributed by atoms with E-state index in [1.165, 1.54) is 0 Å². The van der Waals surface area contributed by atoms with Gasteiger partial charge in [-0.1, -0.05) is 18.2 Å². The molecule has 0 heterocycles. The molecule has 0 unspecified atom stereocenters. The summed E-state index contributed by atoms with van der Waals surface area (Å²) in [5.41, 5.74) is 0.527. The molecule has 0 aliphatic heterocycles. The second-order valence-electron chi connectivity index (χ2n) is 8.21. The SMILES string of the molecule is CCOCCOCCOCCOCCOCCOCCOCCOCCOCCOCCOC(=O)c1ccccc1. The molecule has 0 fully saturated rings. The number of hydrogen-bond donors (Lipinski definition) is 0. The fraction of sp³-hybridized carbons (Fsp3) is 0.759. The van der Waals surface area contributed by atoms with Crippen LogP contribution in [0.1, 0.15) is 17.3 Å². The highest BCUT2D eigenvalue weighted by atomic mass is 16.6. The molecule has 12 nitrogen and oxygen atoms in total. The molecule has 0 saturated heterocycles. The minimum absolute atomic E-state index is 0.204. The molecule has 41 heavy (non-hydrogen) atoms. The van der Waals surface area contributed by atoms with Crippen molar-refractivity contribution < 1.29 is 56.9 Å². The first kappa shape index (κ1) is 37.3. The Morgan fingerprint density at radius 2 is 0.683 bits per heavy atom. The van der Waals surface area contributed by atoms with Crippen LogP contribution in [0, 0.1) is 0 Å². The standard InChI is InChI=1S/C29H50O12/c1-2-31-8-9-32-10-11-33-12-13-34-14-15-35-16-17-36-18-19-37-20-21-38-22-23-39-24-25-40-26-27-41-29(30)28-6-4-3-5-7-28/h3-7H,2,8-27H2,1H3. The molecule has 1 aromatic rings. The lowest BCUT2D eigenvalue weighted by Gasteiger charge is -2.09. The largest absolute Gasteiger partial charge is 0.460 e. The van der Waals surface area contributed by atoms with Crippen LogP contribution in [0.15, 0.2) is 30.3 Å². The van der Waals surface area contributed by atoms with Gasteiger partial charge in [-0.05, 0) is 19.1 Å². The van der Waals surface area contributed by atoms with Gasteiger partial charge in [0.2, 0.25) is 0 Å². The van der Waals surface area contributed by atoms with Crippen LogP contribution in [-0.4, -0.2) is 145 Å². The number of benzene rings is 1. The van der Waals surface area contributed by atoms with Gasteiger partial charge in [0, 0.05) is 6.61 Å². The van der Waals surface area contributed by atoms with E-state index >= 15 is 0 Å². The van der Waals surface area contributed by atoms with Crippen LogP contribution in [0.5, 0.6) is 0 Å². The molecule has 0 amide bonds. The molecule has 0 aromatic heterocycles. The van der Waals surface area contributed by atoms with Gasteiger partial charge in [-0.2, -0.15) is 0 Å². The van der Waals surface area contributed by atoms with Crippen molar-refractivity contribution in [2.45, 2.75) is 6.92 Å². The van der Waals surface area contributed by atoms with Crippen LogP contribution in [0.4, 0.5) is 0 Å². The molecular formula is C29H50O12. The van der Waals surface area contributed by atoms with Crippen LogP contribution in [0.2, 0.25) is 0 Å². The summed E-state index contributed by atoms with van der Waals surface area (Å²) in [6, 6.07) is 8.85. The second kappa shape index (κ2) is 31.2. The van der Waals surface area contributed by atoms with Gasteiger partial charge in [-0.25, -0.2) is 4.79 Å². The van der Waals surface area contributed by atoms with Gasteiger partial charge < -0.3 is 52.1 Å². The first-order chi connectivity index (χ1) is 20.3. The minimum atomic E-state index is -0.354. The summed E-state index contributed by atoms with van der Waals surface area (Å²) in [5.74, 6) is -0.354. The summed E-state index contributed by atoms with van der Waals surface area (Å²) in [5, 5.41) is 0. The average Bonchev–Trinajstić information content (AvgIpc) is 3.00. The Balaban J connectivity index is 1.65. The van der Waals surface area contributed by atoms with Crippen molar-refractivity contribution in [2.75, 3.05) is 139 Å². The van der Waals surface area contributed by atoms with Crippen LogP contribution in [0.3, 0.4) is 0 Å². The number of hydrogen-bond acceptors (Lipinski definition) is 12. The van der Waals surface area contributed by atoms with Crippen molar-refractivity contribution in [3.8, 4) is 0 Å². The van der Waals surface area contributed by atoms with E-state index in [1.54, 1.807) is 24.3 Å². The molecule has 1 rings (SSSR count). The quantitative estimate of drug-likeness (QED) is 0.0902. The molecule has 0 radical (unpaired) electrons. The lowest BCUT2D eigenvalue weighted by atomic mass is 10.2. The maximum atomic E-state index is 11.8. The van der Waals surface area contributed by atoms with E-state index in [9.17, 15) is 4.79 Å². The van der Waals surface area contributed by atoms with Gasteiger partial charge in [-0.3, -0.25) is 0 Å². The van der Waals surface area contributed by atoms with E-state index in [0.29, 0.717) is 138 Å². The third kappa shape index (κ3) is 26.9. The summed E-state index contributed by atoms with van der Waals surface area (Å²) in [6.07, 6.45) is 0. The molecule has 12 heteroatoms. The maximum Gasteiger partial charge on any atom is 0.338 e. The van der Waals surface area contributed by atoms with Gasteiger partial charge in [-0.15, -0.1) is 0 Å². The zero-order valence-corrected chi connectivity index (χ0v) is 24.6.